The summed E-state index contributed by atoms with van der Waals surface area (Å²) in [5.74, 6) is 0.917. The molecule has 0 saturated heterocycles. The molecule has 0 aliphatic heterocycles. The molecule has 1 aromatic heterocycles. The van der Waals surface area contributed by atoms with E-state index in [1.165, 1.54) is 0 Å². The zero-order valence-electron chi connectivity index (χ0n) is 7.63. The molecule has 3 nitrogen and oxygen atoms in total. The number of nitrogens with zero attached hydrogens (tertiary/aromatic N) is 1. The summed E-state index contributed by atoms with van der Waals surface area (Å²) in [5, 5.41) is 3.82. The molecule has 66 valence electrons. The van der Waals surface area contributed by atoms with Crippen molar-refractivity contribution in [3.8, 4) is 0 Å². The Morgan fingerprint density at radius 1 is 1.58 bits per heavy atom. The second kappa shape index (κ2) is 3.52. The molecule has 0 bridgehead atoms. The van der Waals surface area contributed by atoms with Crippen molar-refractivity contribution in [2.75, 3.05) is 0 Å². The Morgan fingerprint density at radius 3 is 2.67 bits per heavy atom. The van der Waals surface area contributed by atoms with Crippen LogP contribution >= 0.6 is 0 Å². The lowest BCUT2D eigenvalue weighted by Crippen LogP contribution is -1.93. The van der Waals surface area contributed by atoms with Crippen LogP contribution < -0.4 is 0 Å². The molecule has 0 amide bonds. The first-order valence-corrected chi connectivity index (χ1v) is 4.14. The predicted molar refractivity (Wildman–Crippen MR) is 45.4 cm³/mol. The third-order valence-corrected chi connectivity index (χ3v) is 1.81. The number of hydrogen-bond donors (Lipinski definition) is 0. The molecule has 1 heterocycles. The second-order valence-corrected chi connectivity index (χ2v) is 3.03. The predicted octanol–water partition coefficient (Wildman–Crippen LogP) is 2.17. The van der Waals surface area contributed by atoms with Crippen molar-refractivity contribution in [1.29, 1.82) is 0 Å². The summed E-state index contributed by atoms with van der Waals surface area (Å²) in [6.07, 6.45) is 1.56. The Balaban J connectivity index is 3.13. The van der Waals surface area contributed by atoms with Gasteiger partial charge < -0.3 is 4.52 Å². The molecule has 0 aliphatic carbocycles. The maximum Gasteiger partial charge on any atom is 0.155 e. The van der Waals surface area contributed by atoms with Gasteiger partial charge in [-0.15, -0.1) is 0 Å². The summed E-state index contributed by atoms with van der Waals surface area (Å²) in [6.45, 7) is 5.91. The number of hydrogen-bond acceptors (Lipinski definition) is 3. The van der Waals surface area contributed by atoms with E-state index < -0.39 is 0 Å². The van der Waals surface area contributed by atoms with Crippen LogP contribution in [0, 0.1) is 0 Å². The summed E-state index contributed by atoms with van der Waals surface area (Å²) in [5.41, 5.74) is 1.39. The van der Waals surface area contributed by atoms with Crippen LogP contribution in [0.1, 0.15) is 48.5 Å². The van der Waals surface area contributed by atoms with Crippen LogP contribution in [0.4, 0.5) is 0 Å². The highest BCUT2D eigenvalue weighted by molar-refractivity contribution is 5.78. The van der Waals surface area contributed by atoms with E-state index in [9.17, 15) is 4.79 Å². The average molecular weight is 167 g/mol. The van der Waals surface area contributed by atoms with E-state index in [0.29, 0.717) is 11.3 Å². The number of aryl methyl sites for hydroxylation is 1. The molecular weight excluding hydrogens is 154 g/mol. The van der Waals surface area contributed by atoms with Gasteiger partial charge in [0, 0.05) is 5.92 Å². The number of rotatable bonds is 3. The van der Waals surface area contributed by atoms with Gasteiger partial charge in [-0.3, -0.25) is 4.79 Å². The smallest absolute Gasteiger partial charge is 0.155 e. The Hall–Kier alpha value is -1.12. The van der Waals surface area contributed by atoms with Gasteiger partial charge in [-0.2, -0.15) is 0 Å². The standard InChI is InChI=1S/C9H13NO2/c1-4-8-7(5-11)9(6(2)3)12-10-8/h5-6H,4H2,1-3H3. The lowest BCUT2D eigenvalue weighted by molar-refractivity contribution is 0.112. The SMILES string of the molecule is CCc1noc(C(C)C)c1C=O. The highest BCUT2D eigenvalue weighted by atomic mass is 16.5. The Bertz CT molecular complexity index is 276. The van der Waals surface area contributed by atoms with E-state index in [4.69, 9.17) is 4.52 Å². The number of aromatic nitrogens is 1. The molecule has 0 spiro atoms. The molecule has 1 aromatic rings. The first-order valence-electron chi connectivity index (χ1n) is 4.14. The van der Waals surface area contributed by atoms with Crippen LogP contribution in [-0.4, -0.2) is 11.4 Å². The van der Waals surface area contributed by atoms with Crippen molar-refractivity contribution >= 4 is 6.29 Å². The first-order chi connectivity index (χ1) is 5.70. The van der Waals surface area contributed by atoms with Gasteiger partial charge in [0.2, 0.25) is 0 Å². The fourth-order valence-corrected chi connectivity index (χ4v) is 1.14. The van der Waals surface area contributed by atoms with Crippen LogP contribution in [0.2, 0.25) is 0 Å². The highest BCUT2D eigenvalue weighted by Crippen LogP contribution is 2.20. The molecule has 0 aromatic carbocycles. The summed E-state index contributed by atoms with van der Waals surface area (Å²) < 4.78 is 5.06. The Kier molecular flexibility index (Phi) is 2.63. The maximum absolute atomic E-state index is 10.7. The molecular formula is C9H13NO2. The topological polar surface area (TPSA) is 43.1 Å². The van der Waals surface area contributed by atoms with Gasteiger partial charge in [-0.05, 0) is 6.42 Å². The molecule has 12 heavy (non-hydrogen) atoms. The van der Waals surface area contributed by atoms with Crippen LogP contribution in [0.25, 0.3) is 0 Å². The van der Waals surface area contributed by atoms with Gasteiger partial charge >= 0.3 is 0 Å². The van der Waals surface area contributed by atoms with Crippen molar-refractivity contribution in [2.24, 2.45) is 0 Å². The third kappa shape index (κ3) is 1.40. The summed E-state index contributed by atoms with van der Waals surface area (Å²) in [7, 11) is 0. The van der Waals surface area contributed by atoms with Crippen LogP contribution in [0.3, 0.4) is 0 Å². The normalized spacial score (nSPS) is 10.7. The van der Waals surface area contributed by atoms with Crippen molar-refractivity contribution in [2.45, 2.75) is 33.1 Å². The van der Waals surface area contributed by atoms with Gasteiger partial charge in [0.1, 0.15) is 5.76 Å². The van der Waals surface area contributed by atoms with Gasteiger partial charge in [0.25, 0.3) is 0 Å². The molecule has 0 unspecified atom stereocenters. The second-order valence-electron chi connectivity index (χ2n) is 3.03. The molecule has 0 aliphatic rings. The van der Waals surface area contributed by atoms with Crippen molar-refractivity contribution in [1.82, 2.24) is 5.16 Å². The molecule has 3 heteroatoms. The number of carbonyl (C=O) groups is 1. The maximum atomic E-state index is 10.7. The van der Waals surface area contributed by atoms with Crippen LogP contribution in [0.15, 0.2) is 4.52 Å². The average Bonchev–Trinajstić information content (AvgIpc) is 2.46. The fraction of sp³-hybridized carbons (Fsp3) is 0.556. The van der Waals surface area contributed by atoms with Crippen molar-refractivity contribution in [3.05, 3.63) is 17.0 Å². The van der Waals surface area contributed by atoms with Crippen LogP contribution in [0.5, 0.6) is 0 Å². The Labute approximate surface area is 71.7 Å². The molecule has 0 N–H and O–H groups in total. The van der Waals surface area contributed by atoms with E-state index in [0.717, 1.165) is 18.4 Å². The van der Waals surface area contributed by atoms with Gasteiger partial charge in [0.15, 0.2) is 6.29 Å². The lowest BCUT2D eigenvalue weighted by Gasteiger charge is -1.97. The summed E-state index contributed by atoms with van der Waals surface area (Å²) in [6, 6.07) is 0. The number of aldehydes is 1. The first kappa shape index (κ1) is 8.97. The van der Waals surface area contributed by atoms with Crippen molar-refractivity contribution < 1.29 is 9.32 Å². The van der Waals surface area contributed by atoms with Gasteiger partial charge in [-0.25, -0.2) is 0 Å². The molecule has 1 rings (SSSR count). The molecule has 0 fully saturated rings. The van der Waals surface area contributed by atoms with E-state index in [-0.39, 0.29) is 5.92 Å². The monoisotopic (exact) mass is 167 g/mol. The van der Waals surface area contributed by atoms with E-state index in [2.05, 4.69) is 5.16 Å². The minimum atomic E-state index is 0.220. The van der Waals surface area contributed by atoms with Crippen LogP contribution in [-0.2, 0) is 6.42 Å². The fourth-order valence-electron chi connectivity index (χ4n) is 1.14. The highest BCUT2D eigenvalue weighted by Gasteiger charge is 2.16. The lowest BCUT2D eigenvalue weighted by atomic mass is 10.1. The minimum absolute atomic E-state index is 0.220. The van der Waals surface area contributed by atoms with Gasteiger partial charge in [-0.1, -0.05) is 25.9 Å². The zero-order valence-corrected chi connectivity index (χ0v) is 7.63. The largest absolute Gasteiger partial charge is 0.360 e. The molecule has 0 radical (unpaired) electrons. The third-order valence-electron chi connectivity index (χ3n) is 1.81. The minimum Gasteiger partial charge on any atom is -0.360 e. The quantitative estimate of drug-likeness (QED) is 0.648. The Morgan fingerprint density at radius 2 is 2.25 bits per heavy atom. The van der Waals surface area contributed by atoms with Gasteiger partial charge in [0.05, 0.1) is 11.3 Å². The summed E-state index contributed by atoms with van der Waals surface area (Å²) >= 11 is 0. The number of carbonyl (C=O) groups excluding carboxylic acids is 1. The van der Waals surface area contributed by atoms with E-state index >= 15 is 0 Å². The van der Waals surface area contributed by atoms with Crippen molar-refractivity contribution in [3.63, 3.8) is 0 Å². The van der Waals surface area contributed by atoms with E-state index in [1.54, 1.807) is 0 Å². The molecule has 0 saturated carbocycles. The van der Waals surface area contributed by atoms with E-state index in [1.807, 2.05) is 20.8 Å². The molecule has 0 atom stereocenters. The zero-order chi connectivity index (χ0) is 9.14. The summed E-state index contributed by atoms with van der Waals surface area (Å²) in [4.78, 5) is 10.7.